The summed E-state index contributed by atoms with van der Waals surface area (Å²) in [6.45, 7) is 2.54. The molecule has 1 aliphatic rings. The molecule has 0 saturated carbocycles. The quantitative estimate of drug-likeness (QED) is 0.259. The third kappa shape index (κ3) is 4.33. The fourth-order valence-corrected chi connectivity index (χ4v) is 5.12. The topological polar surface area (TPSA) is 69.2 Å². The van der Waals surface area contributed by atoms with Crippen LogP contribution in [0.25, 0.3) is 22.0 Å². The molecule has 0 saturated heterocycles. The number of benzene rings is 4. The van der Waals surface area contributed by atoms with E-state index in [1.165, 1.54) is 17.3 Å². The van der Waals surface area contributed by atoms with Gasteiger partial charge in [-0.2, -0.15) is 4.98 Å². The fourth-order valence-electron chi connectivity index (χ4n) is 4.39. The molecule has 0 aliphatic carbocycles. The van der Waals surface area contributed by atoms with Gasteiger partial charge in [-0.05, 0) is 35.4 Å². The van der Waals surface area contributed by atoms with Crippen molar-refractivity contribution in [2.45, 2.75) is 24.1 Å². The standard InChI is InChI=1S/C29H24N4O2S/c1-2-34-24-17-16-20-12-6-7-13-21(20)25(24)27-30-23-15-9-8-14-22(23)26-28(35-27)31-29(33-32-26)36-18-19-10-4-3-5-11-19/h3-17,27,30H,2,18H2,1H3/t27-/m1/s1. The van der Waals surface area contributed by atoms with Gasteiger partial charge in [0.25, 0.3) is 0 Å². The van der Waals surface area contributed by atoms with Gasteiger partial charge < -0.3 is 14.8 Å². The first-order chi connectivity index (χ1) is 17.8. The number of aromatic nitrogens is 3. The van der Waals surface area contributed by atoms with Crippen LogP contribution in [0.2, 0.25) is 0 Å². The summed E-state index contributed by atoms with van der Waals surface area (Å²) in [4.78, 5) is 4.81. The second kappa shape index (κ2) is 9.87. The maximum atomic E-state index is 6.60. The third-order valence-corrected chi connectivity index (χ3v) is 6.95. The largest absolute Gasteiger partial charge is 0.493 e. The van der Waals surface area contributed by atoms with Gasteiger partial charge in [-0.25, -0.2) is 0 Å². The summed E-state index contributed by atoms with van der Waals surface area (Å²) < 4.78 is 12.6. The van der Waals surface area contributed by atoms with Crippen molar-refractivity contribution in [3.8, 4) is 22.9 Å². The molecule has 4 aromatic carbocycles. The van der Waals surface area contributed by atoms with Gasteiger partial charge in [-0.15, -0.1) is 10.2 Å². The minimum absolute atomic E-state index is 0.443. The molecule has 36 heavy (non-hydrogen) atoms. The van der Waals surface area contributed by atoms with Crippen molar-refractivity contribution < 1.29 is 9.47 Å². The molecule has 6 rings (SSSR count). The van der Waals surface area contributed by atoms with Crippen LogP contribution in [0.1, 0.15) is 24.3 Å². The highest BCUT2D eigenvalue weighted by atomic mass is 32.2. The molecule has 0 spiro atoms. The predicted molar refractivity (Wildman–Crippen MR) is 143 cm³/mol. The minimum Gasteiger partial charge on any atom is -0.493 e. The molecule has 1 N–H and O–H groups in total. The van der Waals surface area contributed by atoms with Crippen molar-refractivity contribution in [3.63, 3.8) is 0 Å². The van der Waals surface area contributed by atoms with Crippen molar-refractivity contribution in [2.75, 3.05) is 11.9 Å². The summed E-state index contributed by atoms with van der Waals surface area (Å²) in [6.07, 6.45) is -0.538. The van der Waals surface area contributed by atoms with Gasteiger partial charge in [0.15, 0.2) is 5.69 Å². The molecule has 0 unspecified atom stereocenters. The van der Waals surface area contributed by atoms with Crippen LogP contribution in [0, 0.1) is 0 Å². The molecular weight excluding hydrogens is 468 g/mol. The fraction of sp³-hybridized carbons (Fsp3) is 0.138. The lowest BCUT2D eigenvalue weighted by molar-refractivity contribution is 0.218. The summed E-state index contributed by atoms with van der Waals surface area (Å²) >= 11 is 1.54. The minimum atomic E-state index is -0.538. The van der Waals surface area contributed by atoms with Crippen LogP contribution < -0.4 is 14.8 Å². The molecule has 1 aliphatic heterocycles. The van der Waals surface area contributed by atoms with Crippen LogP contribution >= 0.6 is 11.8 Å². The third-order valence-electron chi connectivity index (χ3n) is 6.04. The molecule has 6 nitrogen and oxygen atoms in total. The van der Waals surface area contributed by atoms with Crippen LogP contribution in [0.3, 0.4) is 0 Å². The summed E-state index contributed by atoms with van der Waals surface area (Å²) in [5.41, 5.74) is 4.53. The number of ether oxygens (including phenoxy) is 2. The number of anilines is 1. The Balaban J connectivity index is 1.44. The van der Waals surface area contributed by atoms with Crippen LogP contribution in [-0.4, -0.2) is 21.8 Å². The van der Waals surface area contributed by atoms with Crippen LogP contribution in [0.5, 0.6) is 11.6 Å². The zero-order chi connectivity index (χ0) is 24.3. The number of nitrogens with one attached hydrogen (secondary N) is 1. The first-order valence-corrected chi connectivity index (χ1v) is 12.9. The van der Waals surface area contributed by atoms with Gasteiger partial charge in [0.05, 0.1) is 12.2 Å². The van der Waals surface area contributed by atoms with Gasteiger partial charge in [0.1, 0.15) is 5.75 Å². The van der Waals surface area contributed by atoms with E-state index in [0.717, 1.165) is 39.1 Å². The Hall–Kier alpha value is -4.10. The van der Waals surface area contributed by atoms with Gasteiger partial charge in [-0.3, -0.25) is 0 Å². The second-order valence-electron chi connectivity index (χ2n) is 8.34. The van der Waals surface area contributed by atoms with Gasteiger partial charge >= 0.3 is 0 Å². The number of thioether (sulfide) groups is 1. The van der Waals surface area contributed by atoms with Gasteiger partial charge in [0, 0.05) is 17.0 Å². The Bertz CT molecular complexity index is 1530. The van der Waals surface area contributed by atoms with Crippen molar-refractivity contribution in [1.82, 2.24) is 15.2 Å². The highest BCUT2D eigenvalue weighted by molar-refractivity contribution is 7.98. The van der Waals surface area contributed by atoms with Crippen molar-refractivity contribution in [2.24, 2.45) is 0 Å². The first-order valence-electron chi connectivity index (χ1n) is 11.9. The van der Waals surface area contributed by atoms with E-state index < -0.39 is 6.23 Å². The zero-order valence-corrected chi connectivity index (χ0v) is 20.5. The summed E-state index contributed by atoms with van der Waals surface area (Å²) in [5.74, 6) is 1.96. The van der Waals surface area contributed by atoms with Gasteiger partial charge in [-0.1, -0.05) is 90.6 Å². The van der Waals surface area contributed by atoms with Gasteiger partial charge in [0.2, 0.25) is 17.3 Å². The molecule has 0 bridgehead atoms. The number of hydrogen-bond donors (Lipinski definition) is 1. The number of hydrogen-bond acceptors (Lipinski definition) is 7. The number of para-hydroxylation sites is 1. The SMILES string of the molecule is CCOc1ccc2ccccc2c1[C@@H]1Nc2ccccc2-c2nnc(SCc3ccccc3)nc2O1. The highest BCUT2D eigenvalue weighted by Gasteiger charge is 2.29. The average Bonchev–Trinajstić information content (AvgIpc) is 3.09. The second-order valence-corrected chi connectivity index (χ2v) is 9.28. The van der Waals surface area contributed by atoms with Crippen LogP contribution in [-0.2, 0) is 5.75 Å². The van der Waals surface area contributed by atoms with E-state index in [9.17, 15) is 0 Å². The van der Waals surface area contributed by atoms with Crippen LogP contribution in [0.4, 0.5) is 5.69 Å². The van der Waals surface area contributed by atoms with Crippen LogP contribution in [0.15, 0.2) is 96.2 Å². The monoisotopic (exact) mass is 492 g/mol. The lowest BCUT2D eigenvalue weighted by Crippen LogP contribution is -2.19. The Morgan fingerprint density at radius 1 is 0.889 bits per heavy atom. The molecule has 1 atom stereocenters. The molecule has 0 amide bonds. The molecule has 7 heteroatoms. The Morgan fingerprint density at radius 3 is 2.58 bits per heavy atom. The van der Waals surface area contributed by atoms with E-state index in [2.05, 4.69) is 45.8 Å². The summed E-state index contributed by atoms with van der Waals surface area (Å²) in [6, 6.07) is 30.6. The summed E-state index contributed by atoms with van der Waals surface area (Å²) in [5, 5.41) is 15.3. The lowest BCUT2D eigenvalue weighted by Gasteiger charge is -2.23. The zero-order valence-electron chi connectivity index (χ0n) is 19.7. The molecule has 0 radical (unpaired) electrons. The smallest absolute Gasteiger partial charge is 0.247 e. The maximum absolute atomic E-state index is 6.60. The van der Waals surface area contributed by atoms with E-state index in [-0.39, 0.29) is 0 Å². The molecule has 5 aromatic rings. The molecule has 1 aromatic heterocycles. The first kappa shape index (κ1) is 22.4. The summed E-state index contributed by atoms with van der Waals surface area (Å²) in [7, 11) is 0. The Morgan fingerprint density at radius 2 is 1.69 bits per heavy atom. The number of fused-ring (bicyclic) bond motifs is 4. The lowest BCUT2D eigenvalue weighted by atomic mass is 10.0. The Labute approximate surface area is 213 Å². The van der Waals surface area contributed by atoms with Crippen molar-refractivity contribution in [3.05, 3.63) is 102 Å². The normalized spacial score (nSPS) is 14.2. The van der Waals surface area contributed by atoms with E-state index in [4.69, 9.17) is 14.5 Å². The molecular formula is C29H24N4O2S. The number of nitrogens with zero attached hydrogens (tertiary/aromatic N) is 3. The maximum Gasteiger partial charge on any atom is 0.247 e. The molecule has 2 heterocycles. The predicted octanol–water partition coefficient (Wildman–Crippen LogP) is 6.89. The van der Waals surface area contributed by atoms with Crippen molar-refractivity contribution in [1.29, 1.82) is 0 Å². The average molecular weight is 493 g/mol. The molecule has 178 valence electrons. The molecule has 0 fully saturated rings. The Kier molecular flexibility index (Phi) is 6.13. The van der Waals surface area contributed by atoms with E-state index in [0.29, 0.717) is 23.3 Å². The van der Waals surface area contributed by atoms with E-state index >= 15 is 0 Å². The van der Waals surface area contributed by atoms with E-state index in [1.807, 2.05) is 67.6 Å². The van der Waals surface area contributed by atoms with E-state index in [1.54, 1.807) is 0 Å². The number of rotatable bonds is 6. The van der Waals surface area contributed by atoms with Crippen molar-refractivity contribution >= 4 is 28.2 Å². The highest BCUT2D eigenvalue weighted by Crippen LogP contribution is 2.43.